The fourth-order valence-electron chi connectivity index (χ4n) is 2.85. The molecule has 0 rings (SSSR count). The smallest absolute Gasteiger partial charge is 0.339 e. The number of aliphatic hydroxyl groups is 1. The molecule has 0 bridgehead atoms. The summed E-state index contributed by atoms with van der Waals surface area (Å²) in [6.45, 7) is 1.53. The van der Waals surface area contributed by atoms with Crippen molar-refractivity contribution < 1.29 is 19.4 Å². The summed E-state index contributed by atoms with van der Waals surface area (Å²) in [5, 5.41) is 8.46. The molecular formula is C20H38CaO4. The van der Waals surface area contributed by atoms with Gasteiger partial charge in [-0.05, 0) is 6.42 Å². The maximum atomic E-state index is 11.2. The average molecular weight is 383 g/mol. The molecule has 2 radical (unpaired) electrons. The van der Waals surface area contributed by atoms with E-state index < -0.39 is 18.5 Å². The van der Waals surface area contributed by atoms with Gasteiger partial charge in [0.2, 0.25) is 0 Å². The summed E-state index contributed by atoms with van der Waals surface area (Å²) in [6, 6.07) is 0. The van der Waals surface area contributed by atoms with E-state index in [1.165, 1.54) is 77.0 Å². The molecule has 0 aliphatic heterocycles. The van der Waals surface area contributed by atoms with Crippen LogP contribution in [0.25, 0.3) is 0 Å². The van der Waals surface area contributed by atoms with Crippen molar-refractivity contribution in [3.63, 3.8) is 0 Å². The zero-order valence-corrected chi connectivity index (χ0v) is 18.6. The van der Waals surface area contributed by atoms with Crippen LogP contribution in [0.15, 0.2) is 0 Å². The molecule has 5 heteroatoms. The van der Waals surface area contributed by atoms with Gasteiger partial charge in [-0.25, -0.2) is 4.79 Å². The van der Waals surface area contributed by atoms with E-state index in [2.05, 4.69) is 11.7 Å². The van der Waals surface area contributed by atoms with Gasteiger partial charge in [0.05, 0.1) is 0 Å². The Morgan fingerprint density at radius 3 is 1.36 bits per heavy atom. The molecule has 144 valence electrons. The number of carbonyl (C=O) groups excluding carboxylic acids is 2. The molecule has 0 aromatic carbocycles. The van der Waals surface area contributed by atoms with Gasteiger partial charge < -0.3 is 9.84 Å². The third-order valence-corrected chi connectivity index (χ3v) is 4.34. The second-order valence-electron chi connectivity index (χ2n) is 6.70. The van der Waals surface area contributed by atoms with Crippen molar-refractivity contribution in [2.45, 2.75) is 110 Å². The maximum Gasteiger partial charge on any atom is 0.339 e. The molecule has 0 aliphatic rings. The molecule has 0 atom stereocenters. The van der Waals surface area contributed by atoms with Crippen LogP contribution in [-0.4, -0.2) is 61.4 Å². The SMILES string of the molecule is CCCCCCCCCCCCCCCCCC(=O)OC(=O)CO.[Ca]. The first-order valence-corrected chi connectivity index (χ1v) is 10.0. The average Bonchev–Trinajstić information content (AvgIpc) is 2.58. The monoisotopic (exact) mass is 382 g/mol. The van der Waals surface area contributed by atoms with Crippen LogP contribution in [0, 0.1) is 0 Å². The number of hydrogen-bond acceptors (Lipinski definition) is 4. The van der Waals surface area contributed by atoms with Gasteiger partial charge in [-0.15, -0.1) is 0 Å². The van der Waals surface area contributed by atoms with Crippen LogP contribution in [0.3, 0.4) is 0 Å². The quantitative estimate of drug-likeness (QED) is 0.168. The molecule has 0 spiro atoms. The Hall–Kier alpha value is 0.360. The Morgan fingerprint density at radius 2 is 1.00 bits per heavy atom. The first-order valence-electron chi connectivity index (χ1n) is 10.0. The molecule has 0 fully saturated rings. The van der Waals surface area contributed by atoms with Crippen LogP contribution >= 0.6 is 0 Å². The van der Waals surface area contributed by atoms with Crippen molar-refractivity contribution in [1.82, 2.24) is 0 Å². The molecule has 25 heavy (non-hydrogen) atoms. The number of unbranched alkanes of at least 4 members (excludes halogenated alkanes) is 14. The van der Waals surface area contributed by atoms with Crippen LogP contribution in [-0.2, 0) is 14.3 Å². The third kappa shape index (κ3) is 22.3. The van der Waals surface area contributed by atoms with E-state index in [1.54, 1.807) is 0 Å². The second-order valence-corrected chi connectivity index (χ2v) is 6.70. The summed E-state index contributed by atoms with van der Waals surface area (Å²) in [5.41, 5.74) is 0. The van der Waals surface area contributed by atoms with Gasteiger partial charge in [0, 0.05) is 44.2 Å². The van der Waals surface area contributed by atoms with Gasteiger partial charge in [0.25, 0.3) is 0 Å². The third-order valence-electron chi connectivity index (χ3n) is 4.34. The van der Waals surface area contributed by atoms with E-state index in [9.17, 15) is 9.59 Å². The standard InChI is InChI=1S/C20H38O4.Ca/c1-2-3-4-5-6-7-8-9-10-11-12-13-14-15-16-17-19(22)24-20(23)18-21;/h21H,2-18H2,1H3;. The second kappa shape index (κ2) is 22.4. The zero-order chi connectivity index (χ0) is 17.9. The van der Waals surface area contributed by atoms with Crippen molar-refractivity contribution >= 4 is 49.7 Å². The summed E-state index contributed by atoms with van der Waals surface area (Å²) < 4.78 is 4.39. The van der Waals surface area contributed by atoms with Gasteiger partial charge in [-0.3, -0.25) is 4.79 Å². The Morgan fingerprint density at radius 1 is 0.640 bits per heavy atom. The normalized spacial score (nSPS) is 10.3. The summed E-state index contributed by atoms with van der Waals surface area (Å²) in [6.07, 6.45) is 19.5. The minimum Gasteiger partial charge on any atom is -0.391 e. The van der Waals surface area contributed by atoms with E-state index in [0.717, 1.165) is 19.3 Å². The summed E-state index contributed by atoms with van der Waals surface area (Å²) >= 11 is 0. The zero-order valence-electron chi connectivity index (χ0n) is 16.4. The van der Waals surface area contributed by atoms with Crippen molar-refractivity contribution in [1.29, 1.82) is 0 Å². The molecule has 0 saturated carbocycles. The topological polar surface area (TPSA) is 63.6 Å². The molecule has 0 unspecified atom stereocenters. The van der Waals surface area contributed by atoms with Gasteiger partial charge in [0.15, 0.2) is 0 Å². The molecule has 0 aromatic heterocycles. The molecule has 4 nitrogen and oxygen atoms in total. The fourth-order valence-corrected chi connectivity index (χ4v) is 2.85. The van der Waals surface area contributed by atoms with Crippen LogP contribution < -0.4 is 0 Å². The summed E-state index contributed by atoms with van der Waals surface area (Å²) in [7, 11) is 0. The number of ether oxygens (including phenoxy) is 1. The molecule has 0 heterocycles. The van der Waals surface area contributed by atoms with E-state index in [0.29, 0.717) is 0 Å². The number of carbonyl (C=O) groups is 2. The van der Waals surface area contributed by atoms with Crippen LogP contribution in [0.5, 0.6) is 0 Å². The van der Waals surface area contributed by atoms with Gasteiger partial charge in [-0.2, -0.15) is 0 Å². The number of hydrogen-bond donors (Lipinski definition) is 1. The van der Waals surface area contributed by atoms with E-state index in [1.807, 2.05) is 0 Å². The van der Waals surface area contributed by atoms with Crippen LogP contribution in [0.4, 0.5) is 0 Å². The van der Waals surface area contributed by atoms with Crippen molar-refractivity contribution in [2.75, 3.05) is 6.61 Å². The van der Waals surface area contributed by atoms with E-state index in [4.69, 9.17) is 5.11 Å². The largest absolute Gasteiger partial charge is 0.391 e. The van der Waals surface area contributed by atoms with E-state index in [-0.39, 0.29) is 44.2 Å². The van der Waals surface area contributed by atoms with Crippen molar-refractivity contribution in [2.24, 2.45) is 0 Å². The number of esters is 2. The molecule has 0 aromatic rings. The Labute approximate surface area is 184 Å². The molecular weight excluding hydrogens is 344 g/mol. The first-order chi connectivity index (χ1) is 11.7. The Kier molecular flexibility index (Phi) is 24.7. The molecule has 0 aliphatic carbocycles. The maximum absolute atomic E-state index is 11.2. The fraction of sp³-hybridized carbons (Fsp3) is 0.900. The van der Waals surface area contributed by atoms with Gasteiger partial charge >= 0.3 is 11.9 Å². The van der Waals surface area contributed by atoms with Crippen molar-refractivity contribution in [3.05, 3.63) is 0 Å². The molecule has 0 amide bonds. The van der Waals surface area contributed by atoms with E-state index >= 15 is 0 Å². The van der Waals surface area contributed by atoms with Crippen LogP contribution in [0.2, 0.25) is 0 Å². The first kappa shape index (κ1) is 27.6. The van der Waals surface area contributed by atoms with Gasteiger partial charge in [-0.1, -0.05) is 96.8 Å². The number of aliphatic hydroxyl groups excluding tert-OH is 1. The van der Waals surface area contributed by atoms with Crippen molar-refractivity contribution in [3.8, 4) is 0 Å². The Balaban J connectivity index is 0. The molecule has 1 N–H and O–H groups in total. The van der Waals surface area contributed by atoms with Gasteiger partial charge in [0.1, 0.15) is 6.61 Å². The summed E-state index contributed by atoms with van der Waals surface area (Å²) in [5.74, 6) is -1.38. The number of rotatable bonds is 17. The predicted molar refractivity (Wildman–Crippen MR) is 103 cm³/mol. The predicted octanol–water partition coefficient (Wildman–Crippen LogP) is 4.93. The minimum absolute atomic E-state index is 0. The Bertz CT molecular complexity index is 308. The van der Waals surface area contributed by atoms with Crippen LogP contribution in [0.1, 0.15) is 110 Å². The minimum atomic E-state index is -0.860. The summed E-state index contributed by atoms with van der Waals surface area (Å²) in [4.78, 5) is 21.9. The molecule has 0 saturated heterocycles.